The van der Waals surface area contributed by atoms with E-state index in [4.69, 9.17) is 10.00 Å². The minimum atomic E-state index is -0.579. The van der Waals surface area contributed by atoms with Gasteiger partial charge in [-0.05, 0) is 35.1 Å². The average molecular weight is 344 g/mol. The molecule has 24 heavy (non-hydrogen) atoms. The molecule has 2 atom stereocenters. The number of thiophene rings is 1. The third-order valence-corrected chi connectivity index (χ3v) is 4.69. The van der Waals surface area contributed by atoms with E-state index >= 15 is 0 Å². The lowest BCUT2D eigenvalue weighted by Gasteiger charge is -2.23. The van der Waals surface area contributed by atoms with Gasteiger partial charge in [0.1, 0.15) is 18.5 Å². The highest BCUT2D eigenvalue weighted by atomic mass is 32.1. The summed E-state index contributed by atoms with van der Waals surface area (Å²) < 4.78 is 5.61. The SMILES string of the molecule is CC(C)[C@@H](NC[C@H](O)COc1ccc(CC#N)cc1)c1cccs1. The van der Waals surface area contributed by atoms with E-state index in [1.165, 1.54) is 4.88 Å². The molecule has 4 nitrogen and oxygen atoms in total. The lowest BCUT2D eigenvalue weighted by atomic mass is 10.0. The van der Waals surface area contributed by atoms with E-state index in [-0.39, 0.29) is 12.6 Å². The second kappa shape index (κ2) is 9.43. The molecule has 2 aromatic rings. The Morgan fingerprint density at radius 2 is 2.00 bits per heavy atom. The standard InChI is InChI=1S/C19H24N2O2S/c1-14(2)19(18-4-3-11-24-18)21-12-16(22)13-23-17-7-5-15(6-8-17)9-10-20/h3-8,11,14,16,19,21-22H,9,12-13H2,1-2H3/t16-,19+/m0/s1. The molecule has 0 unspecified atom stereocenters. The number of hydrogen-bond acceptors (Lipinski definition) is 5. The number of ether oxygens (including phenoxy) is 1. The van der Waals surface area contributed by atoms with Crippen LogP contribution in [0.2, 0.25) is 0 Å². The van der Waals surface area contributed by atoms with Crippen LogP contribution < -0.4 is 10.1 Å². The van der Waals surface area contributed by atoms with Crippen LogP contribution in [0.4, 0.5) is 0 Å². The van der Waals surface area contributed by atoms with Crippen molar-refractivity contribution in [2.45, 2.75) is 32.4 Å². The van der Waals surface area contributed by atoms with E-state index in [2.05, 4.69) is 36.7 Å². The first kappa shape index (κ1) is 18.5. The fourth-order valence-electron chi connectivity index (χ4n) is 2.44. The van der Waals surface area contributed by atoms with Crippen molar-refractivity contribution in [1.29, 1.82) is 5.26 Å². The highest BCUT2D eigenvalue weighted by Gasteiger charge is 2.17. The molecule has 0 saturated heterocycles. The summed E-state index contributed by atoms with van der Waals surface area (Å²) in [6, 6.07) is 13.9. The number of nitriles is 1. The van der Waals surface area contributed by atoms with Gasteiger partial charge in [0.25, 0.3) is 0 Å². The third-order valence-electron chi connectivity index (χ3n) is 3.74. The Balaban J connectivity index is 1.78. The van der Waals surface area contributed by atoms with Crippen LogP contribution in [-0.4, -0.2) is 24.4 Å². The Bertz CT molecular complexity index is 632. The van der Waals surface area contributed by atoms with Crippen molar-refractivity contribution in [2.75, 3.05) is 13.2 Å². The first-order valence-corrected chi connectivity index (χ1v) is 9.01. The monoisotopic (exact) mass is 344 g/mol. The Hall–Kier alpha value is -1.87. The van der Waals surface area contributed by atoms with Crippen LogP contribution in [0.1, 0.15) is 30.3 Å². The van der Waals surface area contributed by atoms with Gasteiger partial charge in [-0.3, -0.25) is 0 Å². The van der Waals surface area contributed by atoms with Gasteiger partial charge in [0.15, 0.2) is 0 Å². The van der Waals surface area contributed by atoms with E-state index in [0.717, 1.165) is 5.56 Å². The minimum Gasteiger partial charge on any atom is -0.491 e. The molecule has 5 heteroatoms. The lowest BCUT2D eigenvalue weighted by Crippen LogP contribution is -2.35. The smallest absolute Gasteiger partial charge is 0.119 e. The van der Waals surface area contributed by atoms with Crippen LogP contribution in [0.25, 0.3) is 0 Å². The van der Waals surface area contributed by atoms with Gasteiger partial charge in [-0.15, -0.1) is 11.3 Å². The summed E-state index contributed by atoms with van der Waals surface area (Å²) in [5.41, 5.74) is 0.961. The van der Waals surface area contributed by atoms with Crippen molar-refractivity contribution in [3.63, 3.8) is 0 Å². The van der Waals surface area contributed by atoms with Gasteiger partial charge in [-0.1, -0.05) is 32.0 Å². The van der Waals surface area contributed by atoms with E-state index in [9.17, 15) is 5.11 Å². The number of aliphatic hydroxyl groups is 1. The molecule has 0 radical (unpaired) electrons. The van der Waals surface area contributed by atoms with Crippen LogP contribution in [0.15, 0.2) is 41.8 Å². The van der Waals surface area contributed by atoms with Gasteiger partial charge in [-0.2, -0.15) is 5.26 Å². The molecular formula is C19H24N2O2S. The molecule has 0 fully saturated rings. The molecule has 1 aromatic carbocycles. The van der Waals surface area contributed by atoms with Crippen molar-refractivity contribution in [3.8, 4) is 11.8 Å². The van der Waals surface area contributed by atoms with Gasteiger partial charge in [0, 0.05) is 17.5 Å². The van der Waals surface area contributed by atoms with E-state index in [0.29, 0.717) is 24.6 Å². The number of nitrogens with one attached hydrogen (secondary N) is 1. The van der Waals surface area contributed by atoms with Crippen LogP contribution >= 0.6 is 11.3 Å². The van der Waals surface area contributed by atoms with Gasteiger partial charge in [-0.25, -0.2) is 0 Å². The minimum absolute atomic E-state index is 0.236. The van der Waals surface area contributed by atoms with E-state index in [1.54, 1.807) is 11.3 Å². The summed E-state index contributed by atoms with van der Waals surface area (Å²) in [7, 11) is 0. The molecule has 0 aliphatic carbocycles. The molecule has 128 valence electrons. The fourth-order valence-corrected chi connectivity index (χ4v) is 3.42. The van der Waals surface area contributed by atoms with E-state index < -0.39 is 6.10 Å². The zero-order valence-electron chi connectivity index (χ0n) is 14.1. The molecule has 0 spiro atoms. The van der Waals surface area contributed by atoms with Crippen molar-refractivity contribution in [3.05, 3.63) is 52.2 Å². The number of nitrogens with zero attached hydrogens (tertiary/aromatic N) is 1. The lowest BCUT2D eigenvalue weighted by molar-refractivity contribution is 0.102. The zero-order valence-corrected chi connectivity index (χ0v) is 14.9. The molecule has 1 aromatic heterocycles. The molecule has 0 aliphatic rings. The first-order chi connectivity index (χ1) is 11.6. The van der Waals surface area contributed by atoms with Crippen molar-refractivity contribution in [2.24, 2.45) is 5.92 Å². The molecule has 0 aliphatic heterocycles. The summed E-state index contributed by atoms with van der Waals surface area (Å²) in [4.78, 5) is 1.28. The highest BCUT2D eigenvalue weighted by Crippen LogP contribution is 2.25. The Kier molecular flexibility index (Phi) is 7.26. The summed E-state index contributed by atoms with van der Waals surface area (Å²) >= 11 is 1.73. The number of rotatable bonds is 9. The summed E-state index contributed by atoms with van der Waals surface area (Å²) in [5.74, 6) is 1.15. The molecule has 0 bridgehead atoms. The molecule has 0 amide bonds. The quantitative estimate of drug-likeness (QED) is 0.730. The Morgan fingerprint density at radius 1 is 1.25 bits per heavy atom. The van der Waals surface area contributed by atoms with Gasteiger partial charge in [0.2, 0.25) is 0 Å². The van der Waals surface area contributed by atoms with Gasteiger partial charge >= 0.3 is 0 Å². The molecular weight excluding hydrogens is 320 g/mol. The maximum Gasteiger partial charge on any atom is 0.119 e. The largest absolute Gasteiger partial charge is 0.491 e. The normalized spacial score (nSPS) is 13.5. The molecule has 0 saturated carbocycles. The second-order valence-electron chi connectivity index (χ2n) is 6.09. The zero-order chi connectivity index (χ0) is 17.4. The predicted molar refractivity (Wildman–Crippen MR) is 97.2 cm³/mol. The summed E-state index contributed by atoms with van der Waals surface area (Å²) in [5, 5.41) is 24.3. The fraction of sp³-hybridized carbons (Fsp3) is 0.421. The van der Waals surface area contributed by atoms with E-state index in [1.807, 2.05) is 30.3 Å². The third kappa shape index (κ3) is 5.64. The molecule has 2 rings (SSSR count). The van der Waals surface area contributed by atoms with Crippen LogP contribution in [-0.2, 0) is 6.42 Å². The first-order valence-electron chi connectivity index (χ1n) is 8.13. The van der Waals surface area contributed by atoms with Crippen molar-refractivity contribution in [1.82, 2.24) is 5.32 Å². The highest BCUT2D eigenvalue weighted by molar-refractivity contribution is 7.10. The molecule has 1 heterocycles. The topological polar surface area (TPSA) is 65.3 Å². The van der Waals surface area contributed by atoms with Crippen LogP contribution in [0.5, 0.6) is 5.75 Å². The number of hydrogen-bond donors (Lipinski definition) is 2. The maximum atomic E-state index is 10.2. The average Bonchev–Trinajstić information content (AvgIpc) is 3.08. The summed E-state index contributed by atoms with van der Waals surface area (Å²) in [6.07, 6.45) is -0.184. The number of aliphatic hydroxyl groups excluding tert-OH is 1. The van der Waals surface area contributed by atoms with Crippen molar-refractivity contribution >= 4 is 11.3 Å². The Morgan fingerprint density at radius 3 is 2.58 bits per heavy atom. The Labute approximate surface area is 147 Å². The van der Waals surface area contributed by atoms with Crippen molar-refractivity contribution < 1.29 is 9.84 Å². The number of benzene rings is 1. The van der Waals surface area contributed by atoms with Crippen LogP contribution in [0, 0.1) is 17.2 Å². The maximum absolute atomic E-state index is 10.2. The molecule has 2 N–H and O–H groups in total. The second-order valence-corrected chi connectivity index (χ2v) is 7.07. The predicted octanol–water partition coefficient (Wildman–Crippen LogP) is 3.54. The van der Waals surface area contributed by atoms with Gasteiger partial charge < -0.3 is 15.2 Å². The van der Waals surface area contributed by atoms with Crippen LogP contribution in [0.3, 0.4) is 0 Å². The van der Waals surface area contributed by atoms with Gasteiger partial charge in [0.05, 0.1) is 12.5 Å². The summed E-state index contributed by atoms with van der Waals surface area (Å²) in [6.45, 7) is 5.05.